The molecule has 88 valence electrons. The lowest BCUT2D eigenvalue weighted by Gasteiger charge is -2.53. The molecule has 1 spiro atoms. The van der Waals surface area contributed by atoms with E-state index in [0.717, 1.165) is 12.8 Å². The highest BCUT2D eigenvalue weighted by Crippen LogP contribution is 2.56. The van der Waals surface area contributed by atoms with Crippen LogP contribution in [0.15, 0.2) is 24.3 Å². The second kappa shape index (κ2) is 3.56. The van der Waals surface area contributed by atoms with E-state index < -0.39 is 0 Å². The number of carbonyl (C=O) groups excluding carboxylic acids is 1. The van der Waals surface area contributed by atoms with E-state index in [2.05, 4.69) is 20.8 Å². The predicted molar refractivity (Wildman–Crippen MR) is 63.9 cm³/mol. The van der Waals surface area contributed by atoms with Crippen LogP contribution in [0.3, 0.4) is 0 Å². The van der Waals surface area contributed by atoms with Crippen molar-refractivity contribution in [2.24, 2.45) is 16.7 Å². The molecule has 2 nitrogen and oxygen atoms in total. The van der Waals surface area contributed by atoms with Gasteiger partial charge in [-0.2, -0.15) is 0 Å². The van der Waals surface area contributed by atoms with E-state index in [0.29, 0.717) is 0 Å². The summed E-state index contributed by atoms with van der Waals surface area (Å²) >= 11 is 0. The Morgan fingerprint density at radius 1 is 1.31 bits per heavy atom. The van der Waals surface area contributed by atoms with Crippen LogP contribution in [-0.2, 0) is 4.79 Å². The molecule has 0 radical (unpaired) electrons. The Hall–Kier alpha value is -0.890. The molecule has 2 rings (SSSR count). The largest absolute Gasteiger partial charge is 0.393 e. The summed E-state index contributed by atoms with van der Waals surface area (Å²) in [5.41, 5.74) is -0.0715. The highest BCUT2D eigenvalue weighted by Gasteiger charge is 2.51. The Kier molecular flexibility index (Phi) is 2.58. The first-order valence-corrected chi connectivity index (χ1v) is 5.99. The Balaban J connectivity index is 2.45. The smallest absolute Gasteiger partial charge is 0.178 e. The van der Waals surface area contributed by atoms with Gasteiger partial charge in [0.05, 0.1) is 6.10 Å². The number of carbonyl (C=O) groups is 1. The lowest BCUT2D eigenvalue weighted by atomic mass is 9.51. The van der Waals surface area contributed by atoms with Gasteiger partial charge in [-0.3, -0.25) is 4.79 Å². The van der Waals surface area contributed by atoms with Crippen molar-refractivity contribution < 1.29 is 9.90 Å². The summed E-state index contributed by atoms with van der Waals surface area (Å²) in [4.78, 5) is 11.3. The molecule has 0 unspecified atom stereocenters. The minimum absolute atomic E-state index is 0.0497. The van der Waals surface area contributed by atoms with Gasteiger partial charge in [-0.1, -0.05) is 32.9 Å². The quantitative estimate of drug-likeness (QED) is 0.681. The third-order valence-electron chi connectivity index (χ3n) is 4.61. The van der Waals surface area contributed by atoms with Gasteiger partial charge in [0.25, 0.3) is 0 Å². The highest BCUT2D eigenvalue weighted by atomic mass is 16.3. The van der Waals surface area contributed by atoms with Gasteiger partial charge in [0, 0.05) is 5.41 Å². The SMILES string of the molecule is C[C@@H]1[C@H](O)CCC(C)(C)C12C=CC(=O)C=C2. The molecule has 1 fully saturated rings. The van der Waals surface area contributed by atoms with Gasteiger partial charge in [-0.05, 0) is 36.3 Å². The Labute approximate surface area is 97.0 Å². The van der Waals surface area contributed by atoms with Gasteiger partial charge in [0.2, 0.25) is 0 Å². The number of aliphatic hydroxyl groups excluding tert-OH is 1. The Bertz CT molecular complexity index is 347. The zero-order chi connectivity index (χ0) is 12.0. The third-order valence-corrected chi connectivity index (χ3v) is 4.61. The summed E-state index contributed by atoms with van der Waals surface area (Å²) in [7, 11) is 0. The predicted octanol–water partition coefficient (Wildman–Crippen LogP) is 2.48. The maximum atomic E-state index is 11.3. The number of rotatable bonds is 0. The van der Waals surface area contributed by atoms with E-state index in [-0.39, 0.29) is 28.6 Å². The molecule has 1 saturated carbocycles. The topological polar surface area (TPSA) is 37.3 Å². The fraction of sp³-hybridized carbons (Fsp3) is 0.643. The van der Waals surface area contributed by atoms with E-state index in [9.17, 15) is 9.90 Å². The minimum Gasteiger partial charge on any atom is -0.393 e. The second-order valence-electron chi connectivity index (χ2n) is 5.78. The molecule has 2 heteroatoms. The standard InChI is InChI=1S/C14H20O2/c1-10-12(16)6-7-13(2,3)14(10)8-4-11(15)5-9-14/h4-5,8-10,12,16H,6-7H2,1-3H3/t10-,12-/m1/s1. The van der Waals surface area contributed by atoms with Crippen molar-refractivity contribution in [3.8, 4) is 0 Å². The molecular weight excluding hydrogens is 200 g/mol. The van der Waals surface area contributed by atoms with Crippen LogP contribution in [0.4, 0.5) is 0 Å². The molecular formula is C14H20O2. The molecule has 2 atom stereocenters. The summed E-state index contributed by atoms with van der Waals surface area (Å²) < 4.78 is 0. The molecule has 0 amide bonds. The van der Waals surface area contributed by atoms with Crippen LogP contribution in [-0.4, -0.2) is 17.0 Å². The summed E-state index contributed by atoms with van der Waals surface area (Å²) in [5, 5.41) is 10.0. The van der Waals surface area contributed by atoms with Crippen LogP contribution in [0.5, 0.6) is 0 Å². The second-order valence-corrected chi connectivity index (χ2v) is 5.78. The molecule has 0 aliphatic heterocycles. The number of ketones is 1. The van der Waals surface area contributed by atoms with Crippen LogP contribution < -0.4 is 0 Å². The highest BCUT2D eigenvalue weighted by molar-refractivity contribution is 6.00. The molecule has 0 aromatic rings. The van der Waals surface area contributed by atoms with E-state index in [1.54, 1.807) is 12.2 Å². The maximum Gasteiger partial charge on any atom is 0.178 e. The summed E-state index contributed by atoms with van der Waals surface area (Å²) in [6.45, 7) is 6.52. The molecule has 2 aliphatic rings. The molecule has 1 N–H and O–H groups in total. The van der Waals surface area contributed by atoms with E-state index >= 15 is 0 Å². The van der Waals surface area contributed by atoms with Gasteiger partial charge < -0.3 is 5.11 Å². The van der Waals surface area contributed by atoms with Crippen LogP contribution in [0.1, 0.15) is 33.6 Å². The van der Waals surface area contributed by atoms with Crippen LogP contribution in [0.25, 0.3) is 0 Å². The lowest BCUT2D eigenvalue weighted by Crippen LogP contribution is -2.49. The van der Waals surface area contributed by atoms with Gasteiger partial charge in [-0.25, -0.2) is 0 Å². The average Bonchev–Trinajstić information content (AvgIpc) is 2.24. The molecule has 0 heterocycles. The van der Waals surface area contributed by atoms with E-state index in [4.69, 9.17) is 0 Å². The van der Waals surface area contributed by atoms with Crippen molar-refractivity contribution in [1.29, 1.82) is 0 Å². The maximum absolute atomic E-state index is 11.3. The molecule has 0 saturated heterocycles. The van der Waals surface area contributed by atoms with Crippen molar-refractivity contribution >= 4 is 5.78 Å². The molecule has 0 aromatic carbocycles. The monoisotopic (exact) mass is 220 g/mol. The zero-order valence-electron chi connectivity index (χ0n) is 10.2. The molecule has 2 aliphatic carbocycles. The lowest BCUT2D eigenvalue weighted by molar-refractivity contribution is -0.111. The van der Waals surface area contributed by atoms with Gasteiger partial charge in [0.1, 0.15) is 0 Å². The molecule has 0 bridgehead atoms. The summed E-state index contributed by atoms with van der Waals surface area (Å²) in [6.07, 6.45) is 8.88. The minimum atomic E-state index is -0.268. The zero-order valence-corrected chi connectivity index (χ0v) is 10.2. The molecule has 16 heavy (non-hydrogen) atoms. The third kappa shape index (κ3) is 1.47. The first kappa shape index (κ1) is 11.6. The van der Waals surface area contributed by atoms with Gasteiger partial charge in [-0.15, -0.1) is 0 Å². The number of allylic oxidation sites excluding steroid dienone is 4. The van der Waals surface area contributed by atoms with Crippen LogP contribution in [0.2, 0.25) is 0 Å². The van der Waals surface area contributed by atoms with E-state index in [1.165, 1.54) is 0 Å². The van der Waals surface area contributed by atoms with Crippen molar-refractivity contribution in [3.05, 3.63) is 24.3 Å². The van der Waals surface area contributed by atoms with Crippen LogP contribution >= 0.6 is 0 Å². The first-order valence-electron chi connectivity index (χ1n) is 5.99. The Morgan fingerprint density at radius 3 is 2.44 bits per heavy atom. The van der Waals surface area contributed by atoms with Gasteiger partial charge in [0.15, 0.2) is 5.78 Å². The summed E-state index contributed by atoms with van der Waals surface area (Å²) in [5.74, 6) is 0.213. The molecule has 0 aromatic heterocycles. The Morgan fingerprint density at radius 2 is 1.88 bits per heavy atom. The fourth-order valence-electron chi connectivity index (χ4n) is 3.22. The van der Waals surface area contributed by atoms with Crippen LogP contribution in [0, 0.1) is 16.7 Å². The number of hydrogen-bond donors (Lipinski definition) is 1. The number of hydrogen-bond acceptors (Lipinski definition) is 2. The van der Waals surface area contributed by atoms with E-state index in [1.807, 2.05) is 12.2 Å². The average molecular weight is 220 g/mol. The van der Waals surface area contributed by atoms with Crippen molar-refractivity contribution in [2.45, 2.75) is 39.7 Å². The fourth-order valence-corrected chi connectivity index (χ4v) is 3.22. The van der Waals surface area contributed by atoms with Crippen molar-refractivity contribution in [2.75, 3.05) is 0 Å². The van der Waals surface area contributed by atoms with Crippen molar-refractivity contribution in [3.63, 3.8) is 0 Å². The normalized spacial score (nSPS) is 35.6. The number of aliphatic hydroxyl groups is 1. The van der Waals surface area contributed by atoms with Gasteiger partial charge >= 0.3 is 0 Å². The first-order chi connectivity index (χ1) is 7.39. The van der Waals surface area contributed by atoms with Crippen molar-refractivity contribution in [1.82, 2.24) is 0 Å². The summed E-state index contributed by atoms with van der Waals surface area (Å²) in [6, 6.07) is 0.